The molecule has 1 fully saturated rings. The normalized spacial score (nSPS) is 18.8. The maximum atomic E-state index is 5.45. The Morgan fingerprint density at radius 1 is 1.40 bits per heavy atom. The summed E-state index contributed by atoms with van der Waals surface area (Å²) in [7, 11) is 1.80. The molecule has 4 nitrogen and oxygen atoms in total. The molecule has 0 radical (unpaired) electrons. The largest absolute Gasteiger partial charge is 0.380 e. The Hall–Kier alpha value is -1.13. The molecule has 112 valence electrons. The topological polar surface area (TPSA) is 37.4 Å². The number of pyridine rings is 1. The summed E-state index contributed by atoms with van der Waals surface area (Å²) in [6.07, 6.45) is 3.63. The lowest BCUT2D eigenvalue weighted by atomic mass is 10.1. The third kappa shape index (κ3) is 3.93. The van der Waals surface area contributed by atoms with Gasteiger partial charge in [0.15, 0.2) is 0 Å². The molecule has 0 aromatic carbocycles. The summed E-state index contributed by atoms with van der Waals surface area (Å²) in [5, 5.41) is 3.40. The van der Waals surface area contributed by atoms with Crippen molar-refractivity contribution in [3.63, 3.8) is 0 Å². The summed E-state index contributed by atoms with van der Waals surface area (Å²) < 4.78 is 5.45. The lowest BCUT2D eigenvalue weighted by Crippen LogP contribution is -2.24. The molecule has 0 spiro atoms. The highest BCUT2D eigenvalue weighted by molar-refractivity contribution is 5.44. The molecule has 2 heterocycles. The van der Waals surface area contributed by atoms with Gasteiger partial charge in [0.05, 0.1) is 6.10 Å². The molecular formula is C16H27N3O. The van der Waals surface area contributed by atoms with Crippen LogP contribution in [0.25, 0.3) is 0 Å². The van der Waals surface area contributed by atoms with E-state index < -0.39 is 0 Å². The molecule has 1 atom stereocenters. The molecule has 0 bridgehead atoms. The van der Waals surface area contributed by atoms with Crippen LogP contribution >= 0.6 is 0 Å². The van der Waals surface area contributed by atoms with Crippen LogP contribution < -0.4 is 10.2 Å². The van der Waals surface area contributed by atoms with E-state index in [4.69, 9.17) is 9.72 Å². The Morgan fingerprint density at radius 2 is 2.25 bits per heavy atom. The van der Waals surface area contributed by atoms with E-state index >= 15 is 0 Å². The minimum atomic E-state index is 0.351. The second-order valence-corrected chi connectivity index (χ2v) is 5.45. The number of ether oxygens (including phenoxy) is 1. The Morgan fingerprint density at radius 3 is 2.90 bits per heavy atom. The van der Waals surface area contributed by atoms with Gasteiger partial charge in [-0.2, -0.15) is 0 Å². The molecule has 1 aliphatic rings. The highest BCUT2D eigenvalue weighted by Gasteiger charge is 2.23. The lowest BCUT2D eigenvalue weighted by Gasteiger charge is -2.19. The highest BCUT2D eigenvalue weighted by atomic mass is 16.5. The number of hydrogen-bond acceptors (Lipinski definition) is 4. The number of aromatic nitrogens is 1. The average molecular weight is 277 g/mol. The molecule has 0 aliphatic carbocycles. The van der Waals surface area contributed by atoms with Crippen molar-refractivity contribution in [2.24, 2.45) is 0 Å². The highest BCUT2D eigenvalue weighted by Crippen LogP contribution is 2.22. The lowest BCUT2D eigenvalue weighted by molar-refractivity contribution is 0.121. The van der Waals surface area contributed by atoms with E-state index in [1.165, 1.54) is 11.3 Å². The fraction of sp³-hybridized carbons (Fsp3) is 0.688. The molecule has 1 saturated heterocycles. The molecule has 0 saturated carbocycles. The van der Waals surface area contributed by atoms with E-state index in [1.54, 1.807) is 7.11 Å². The molecule has 1 aliphatic heterocycles. The minimum Gasteiger partial charge on any atom is -0.380 e. The van der Waals surface area contributed by atoms with Gasteiger partial charge >= 0.3 is 0 Å². The number of methoxy groups -OCH3 is 1. The molecule has 0 amide bonds. The molecule has 1 aromatic rings. The third-order valence-corrected chi connectivity index (χ3v) is 3.81. The zero-order valence-electron chi connectivity index (χ0n) is 13.0. The van der Waals surface area contributed by atoms with Gasteiger partial charge in [-0.15, -0.1) is 0 Å². The summed E-state index contributed by atoms with van der Waals surface area (Å²) in [6, 6.07) is 4.46. The van der Waals surface area contributed by atoms with Gasteiger partial charge in [0, 0.05) is 32.4 Å². The predicted octanol–water partition coefficient (Wildman–Crippen LogP) is 2.37. The molecule has 1 unspecified atom stereocenters. The van der Waals surface area contributed by atoms with E-state index in [9.17, 15) is 0 Å². The first-order chi connectivity index (χ1) is 9.76. The summed E-state index contributed by atoms with van der Waals surface area (Å²) in [4.78, 5) is 7.17. The van der Waals surface area contributed by atoms with Crippen molar-refractivity contribution in [3.05, 3.63) is 23.4 Å². The number of aryl methyl sites for hydroxylation is 1. The fourth-order valence-electron chi connectivity index (χ4n) is 2.68. The Balaban J connectivity index is 2.15. The number of nitrogens with one attached hydrogen (secondary N) is 1. The zero-order chi connectivity index (χ0) is 14.4. The van der Waals surface area contributed by atoms with Gasteiger partial charge in [0.25, 0.3) is 0 Å². The van der Waals surface area contributed by atoms with Crippen LogP contribution in [0.1, 0.15) is 37.9 Å². The average Bonchev–Trinajstić information content (AvgIpc) is 2.94. The van der Waals surface area contributed by atoms with Gasteiger partial charge in [-0.3, -0.25) is 0 Å². The summed E-state index contributed by atoms with van der Waals surface area (Å²) in [6.45, 7) is 8.26. The van der Waals surface area contributed by atoms with Crippen LogP contribution in [0.4, 0.5) is 5.82 Å². The van der Waals surface area contributed by atoms with Gasteiger partial charge in [-0.25, -0.2) is 4.98 Å². The monoisotopic (exact) mass is 277 g/mol. The van der Waals surface area contributed by atoms with Crippen molar-refractivity contribution < 1.29 is 4.74 Å². The van der Waals surface area contributed by atoms with Crippen LogP contribution in [-0.4, -0.2) is 37.8 Å². The van der Waals surface area contributed by atoms with Crippen LogP contribution in [0.5, 0.6) is 0 Å². The van der Waals surface area contributed by atoms with Crippen molar-refractivity contribution in [2.75, 3.05) is 31.6 Å². The molecule has 1 N–H and O–H groups in total. The van der Waals surface area contributed by atoms with Gasteiger partial charge in [-0.05, 0) is 37.1 Å². The molecule has 4 heteroatoms. The van der Waals surface area contributed by atoms with Gasteiger partial charge in [0.1, 0.15) is 5.82 Å². The van der Waals surface area contributed by atoms with Crippen molar-refractivity contribution >= 4 is 5.82 Å². The van der Waals surface area contributed by atoms with Crippen LogP contribution in [0.15, 0.2) is 12.1 Å². The molecule has 20 heavy (non-hydrogen) atoms. The van der Waals surface area contributed by atoms with Crippen molar-refractivity contribution in [1.82, 2.24) is 10.3 Å². The Labute approximate surface area is 122 Å². The quantitative estimate of drug-likeness (QED) is 0.830. The molecular weight excluding hydrogens is 250 g/mol. The Bertz CT molecular complexity index is 422. The van der Waals surface area contributed by atoms with Crippen LogP contribution in [-0.2, 0) is 17.7 Å². The fourth-order valence-corrected chi connectivity index (χ4v) is 2.68. The SMILES string of the molecule is CCCc1cc(CNCC)cc(N2CCC(OC)C2)n1. The van der Waals surface area contributed by atoms with Gasteiger partial charge in [-0.1, -0.05) is 20.3 Å². The van der Waals surface area contributed by atoms with E-state index in [0.717, 1.165) is 51.3 Å². The van der Waals surface area contributed by atoms with Gasteiger partial charge in [0.2, 0.25) is 0 Å². The second kappa shape index (κ2) is 7.60. The maximum Gasteiger partial charge on any atom is 0.129 e. The van der Waals surface area contributed by atoms with E-state index in [-0.39, 0.29) is 0 Å². The zero-order valence-corrected chi connectivity index (χ0v) is 13.0. The first-order valence-corrected chi connectivity index (χ1v) is 7.75. The van der Waals surface area contributed by atoms with Crippen molar-refractivity contribution in [1.29, 1.82) is 0 Å². The number of nitrogens with zero attached hydrogens (tertiary/aromatic N) is 2. The second-order valence-electron chi connectivity index (χ2n) is 5.45. The summed E-state index contributed by atoms with van der Waals surface area (Å²) >= 11 is 0. The smallest absolute Gasteiger partial charge is 0.129 e. The molecule has 2 rings (SSSR count). The van der Waals surface area contributed by atoms with E-state index in [1.807, 2.05) is 0 Å². The Kier molecular flexibility index (Phi) is 5.80. The van der Waals surface area contributed by atoms with Crippen LogP contribution in [0.2, 0.25) is 0 Å². The molecule has 1 aromatic heterocycles. The maximum absolute atomic E-state index is 5.45. The van der Waals surface area contributed by atoms with Crippen molar-refractivity contribution in [2.45, 2.75) is 45.8 Å². The standard InChI is InChI=1S/C16H27N3O/c1-4-6-14-9-13(11-17-5-2)10-16(18-14)19-8-7-15(12-19)20-3/h9-10,15,17H,4-8,11-12H2,1-3H3. The van der Waals surface area contributed by atoms with Crippen LogP contribution in [0.3, 0.4) is 0 Å². The minimum absolute atomic E-state index is 0.351. The summed E-state index contributed by atoms with van der Waals surface area (Å²) in [5.74, 6) is 1.11. The summed E-state index contributed by atoms with van der Waals surface area (Å²) in [5.41, 5.74) is 2.54. The third-order valence-electron chi connectivity index (χ3n) is 3.81. The first kappa shape index (κ1) is 15.3. The first-order valence-electron chi connectivity index (χ1n) is 7.75. The van der Waals surface area contributed by atoms with Gasteiger partial charge < -0.3 is 15.0 Å². The number of rotatable bonds is 7. The number of hydrogen-bond donors (Lipinski definition) is 1. The number of anilines is 1. The van der Waals surface area contributed by atoms with Crippen LogP contribution in [0, 0.1) is 0 Å². The van der Waals surface area contributed by atoms with Crippen molar-refractivity contribution in [3.8, 4) is 0 Å². The van der Waals surface area contributed by atoms with E-state index in [2.05, 4.69) is 36.2 Å². The van der Waals surface area contributed by atoms with E-state index in [0.29, 0.717) is 6.10 Å². The predicted molar refractivity (Wildman–Crippen MR) is 83.2 cm³/mol.